The molecule has 170 valence electrons. The van der Waals surface area contributed by atoms with Crippen molar-refractivity contribution in [1.29, 1.82) is 0 Å². The molecule has 0 bridgehead atoms. The van der Waals surface area contributed by atoms with Crippen LogP contribution in [0.3, 0.4) is 0 Å². The summed E-state index contributed by atoms with van der Waals surface area (Å²) in [5, 5.41) is 7.57. The molecule has 0 aliphatic heterocycles. The van der Waals surface area contributed by atoms with Crippen LogP contribution in [0.4, 0.5) is 16.2 Å². The van der Waals surface area contributed by atoms with Crippen LogP contribution in [0, 0.1) is 0 Å². The van der Waals surface area contributed by atoms with Gasteiger partial charge in [0.2, 0.25) is 5.75 Å². The summed E-state index contributed by atoms with van der Waals surface area (Å²) < 4.78 is 15.7. The van der Waals surface area contributed by atoms with Gasteiger partial charge in [0.15, 0.2) is 11.5 Å². The Morgan fingerprint density at radius 1 is 0.636 bits per heavy atom. The van der Waals surface area contributed by atoms with Crippen molar-refractivity contribution in [2.24, 2.45) is 0 Å². The number of imide groups is 1. The average Bonchev–Trinajstić information content (AvgIpc) is 2.83. The van der Waals surface area contributed by atoms with Gasteiger partial charge in [0.05, 0.1) is 21.3 Å². The molecule has 0 saturated carbocycles. The minimum Gasteiger partial charge on any atom is -0.493 e. The van der Waals surface area contributed by atoms with Crippen molar-refractivity contribution in [3.8, 4) is 17.2 Å². The van der Waals surface area contributed by atoms with Crippen LogP contribution in [0.1, 0.15) is 20.7 Å². The molecule has 0 spiro atoms. The first-order chi connectivity index (χ1) is 15.9. The number of ether oxygens (including phenoxy) is 3. The highest BCUT2D eigenvalue weighted by atomic mass is 16.5. The monoisotopic (exact) mass is 449 g/mol. The second kappa shape index (κ2) is 10.7. The van der Waals surface area contributed by atoms with Crippen LogP contribution in [-0.2, 0) is 0 Å². The maximum absolute atomic E-state index is 12.6. The second-order valence-electron chi connectivity index (χ2n) is 6.72. The lowest BCUT2D eigenvalue weighted by Gasteiger charge is -2.14. The summed E-state index contributed by atoms with van der Waals surface area (Å²) in [7, 11) is 4.30. The Hall–Kier alpha value is -4.53. The van der Waals surface area contributed by atoms with Gasteiger partial charge in [-0.05, 0) is 42.5 Å². The van der Waals surface area contributed by atoms with Gasteiger partial charge in [0, 0.05) is 22.5 Å². The number of methoxy groups -OCH3 is 3. The molecule has 9 heteroatoms. The minimum atomic E-state index is -0.750. The van der Waals surface area contributed by atoms with E-state index >= 15 is 0 Å². The molecule has 0 aliphatic rings. The Morgan fingerprint density at radius 2 is 1.24 bits per heavy atom. The third-order valence-corrected chi connectivity index (χ3v) is 4.57. The van der Waals surface area contributed by atoms with Crippen LogP contribution < -0.4 is 30.2 Å². The Morgan fingerprint density at radius 3 is 1.82 bits per heavy atom. The van der Waals surface area contributed by atoms with E-state index in [4.69, 9.17) is 14.2 Å². The van der Waals surface area contributed by atoms with Crippen LogP contribution in [0.2, 0.25) is 0 Å². The van der Waals surface area contributed by atoms with Crippen LogP contribution in [0.25, 0.3) is 0 Å². The van der Waals surface area contributed by atoms with E-state index in [1.807, 2.05) is 6.07 Å². The van der Waals surface area contributed by atoms with Gasteiger partial charge in [-0.15, -0.1) is 0 Å². The first-order valence-electron chi connectivity index (χ1n) is 9.84. The normalized spacial score (nSPS) is 10.0. The van der Waals surface area contributed by atoms with Gasteiger partial charge in [-0.3, -0.25) is 14.9 Å². The van der Waals surface area contributed by atoms with Crippen molar-refractivity contribution in [3.05, 3.63) is 77.9 Å². The van der Waals surface area contributed by atoms with Gasteiger partial charge in [0.25, 0.3) is 11.8 Å². The van der Waals surface area contributed by atoms with E-state index in [2.05, 4.69) is 16.0 Å². The molecular formula is C24H23N3O6. The number of urea groups is 1. The standard InChI is InChI=1S/C24H23N3O6/c1-31-19-12-16(13-20(32-2)21(19)33-3)23(29)27-24(30)26-18-11-7-10-17(14-18)25-22(28)15-8-5-4-6-9-15/h4-14H,1-3H3,(H,25,28)(H2,26,27,29,30). The maximum Gasteiger partial charge on any atom is 0.326 e. The molecule has 0 unspecified atom stereocenters. The molecule has 4 amide bonds. The van der Waals surface area contributed by atoms with E-state index in [0.717, 1.165) is 0 Å². The third kappa shape index (κ3) is 5.79. The van der Waals surface area contributed by atoms with Gasteiger partial charge in [-0.2, -0.15) is 0 Å². The topological polar surface area (TPSA) is 115 Å². The lowest BCUT2D eigenvalue weighted by Crippen LogP contribution is -2.34. The molecule has 0 fully saturated rings. The number of amides is 4. The second-order valence-corrected chi connectivity index (χ2v) is 6.72. The Bertz CT molecular complexity index is 1140. The molecule has 0 heterocycles. The highest BCUT2D eigenvalue weighted by Gasteiger charge is 2.18. The summed E-state index contributed by atoms with van der Waals surface area (Å²) in [6, 6.07) is 17.4. The molecule has 0 radical (unpaired) electrons. The van der Waals surface area contributed by atoms with Crippen molar-refractivity contribution in [3.63, 3.8) is 0 Å². The smallest absolute Gasteiger partial charge is 0.326 e. The van der Waals surface area contributed by atoms with Crippen molar-refractivity contribution in [2.45, 2.75) is 0 Å². The molecule has 3 N–H and O–H groups in total. The molecule has 0 saturated heterocycles. The number of hydrogen-bond acceptors (Lipinski definition) is 6. The van der Waals surface area contributed by atoms with E-state index in [1.165, 1.54) is 33.5 Å². The lowest BCUT2D eigenvalue weighted by atomic mass is 10.1. The molecule has 3 aromatic carbocycles. The van der Waals surface area contributed by atoms with Crippen LogP contribution in [0.5, 0.6) is 17.2 Å². The molecule has 33 heavy (non-hydrogen) atoms. The number of rotatable bonds is 7. The molecule has 3 rings (SSSR count). The van der Waals surface area contributed by atoms with Gasteiger partial charge in [-0.25, -0.2) is 4.79 Å². The fraction of sp³-hybridized carbons (Fsp3) is 0.125. The molecule has 0 atom stereocenters. The molecule has 9 nitrogen and oxygen atoms in total. The highest BCUT2D eigenvalue weighted by Crippen LogP contribution is 2.38. The lowest BCUT2D eigenvalue weighted by molar-refractivity contribution is 0.0965. The van der Waals surface area contributed by atoms with E-state index in [-0.39, 0.29) is 23.0 Å². The van der Waals surface area contributed by atoms with Gasteiger partial charge in [0.1, 0.15) is 0 Å². The van der Waals surface area contributed by atoms with Gasteiger partial charge < -0.3 is 24.8 Å². The Labute approximate surface area is 190 Å². The number of anilines is 2. The van der Waals surface area contributed by atoms with Crippen molar-refractivity contribution < 1.29 is 28.6 Å². The number of hydrogen-bond donors (Lipinski definition) is 3. The largest absolute Gasteiger partial charge is 0.493 e. The molecule has 3 aromatic rings. The number of benzene rings is 3. The van der Waals surface area contributed by atoms with Crippen molar-refractivity contribution in [2.75, 3.05) is 32.0 Å². The molecule has 0 aromatic heterocycles. The zero-order chi connectivity index (χ0) is 23.8. The Kier molecular flexibility index (Phi) is 7.48. The van der Waals surface area contributed by atoms with Crippen molar-refractivity contribution in [1.82, 2.24) is 5.32 Å². The Balaban J connectivity index is 1.67. The third-order valence-electron chi connectivity index (χ3n) is 4.57. The highest BCUT2D eigenvalue weighted by molar-refractivity contribution is 6.09. The minimum absolute atomic E-state index is 0.142. The fourth-order valence-corrected chi connectivity index (χ4v) is 3.02. The van der Waals surface area contributed by atoms with Crippen LogP contribution in [0.15, 0.2) is 66.7 Å². The quantitative estimate of drug-likeness (QED) is 0.504. The summed E-state index contributed by atoms with van der Waals surface area (Å²) in [6.45, 7) is 0. The fourth-order valence-electron chi connectivity index (χ4n) is 3.02. The predicted molar refractivity (Wildman–Crippen MR) is 123 cm³/mol. The summed E-state index contributed by atoms with van der Waals surface area (Å²) in [5.74, 6) is -0.0565. The number of carbonyl (C=O) groups is 3. The number of nitrogens with one attached hydrogen (secondary N) is 3. The average molecular weight is 449 g/mol. The van der Waals surface area contributed by atoms with Crippen LogP contribution >= 0.6 is 0 Å². The van der Waals surface area contributed by atoms with E-state index in [9.17, 15) is 14.4 Å². The van der Waals surface area contributed by atoms with Crippen LogP contribution in [-0.4, -0.2) is 39.2 Å². The summed E-state index contributed by atoms with van der Waals surface area (Å²) >= 11 is 0. The zero-order valence-electron chi connectivity index (χ0n) is 18.3. The van der Waals surface area contributed by atoms with Crippen molar-refractivity contribution >= 4 is 29.2 Å². The SMILES string of the molecule is COc1cc(C(=O)NC(=O)Nc2cccc(NC(=O)c3ccccc3)c2)cc(OC)c1OC. The summed E-state index contributed by atoms with van der Waals surface area (Å²) in [5.41, 5.74) is 1.52. The summed E-state index contributed by atoms with van der Waals surface area (Å²) in [4.78, 5) is 37.3. The maximum atomic E-state index is 12.6. The molecule has 0 aliphatic carbocycles. The first kappa shape index (κ1) is 23.1. The predicted octanol–water partition coefficient (Wildman–Crippen LogP) is 3.93. The van der Waals surface area contributed by atoms with E-state index in [0.29, 0.717) is 22.7 Å². The zero-order valence-corrected chi connectivity index (χ0v) is 18.3. The first-order valence-corrected chi connectivity index (χ1v) is 9.84. The van der Waals surface area contributed by atoms with E-state index < -0.39 is 11.9 Å². The molecular weight excluding hydrogens is 426 g/mol. The number of carbonyl (C=O) groups excluding carboxylic acids is 3. The summed E-state index contributed by atoms with van der Waals surface area (Å²) in [6.07, 6.45) is 0. The van der Waals surface area contributed by atoms with E-state index in [1.54, 1.807) is 48.5 Å². The van der Waals surface area contributed by atoms with Gasteiger partial charge >= 0.3 is 6.03 Å². The van der Waals surface area contributed by atoms with Gasteiger partial charge in [-0.1, -0.05) is 24.3 Å².